The van der Waals surface area contributed by atoms with E-state index in [0.717, 1.165) is 0 Å². The minimum atomic E-state index is -0.273. The van der Waals surface area contributed by atoms with Gasteiger partial charge in [-0.2, -0.15) is 11.3 Å². The van der Waals surface area contributed by atoms with Crippen LogP contribution in [0.4, 0.5) is 5.82 Å². The molecule has 4 nitrogen and oxygen atoms in total. The van der Waals surface area contributed by atoms with Gasteiger partial charge in [0.1, 0.15) is 0 Å². The lowest BCUT2D eigenvalue weighted by molar-refractivity contribution is 0.102. The number of aromatic nitrogens is 1. The molecule has 0 unspecified atom stereocenters. The number of thiophene rings is 1. The standard InChI is InChI=1S/C10H8N2O2S/c13-8-2-1-4-11-9(8)12-10(14)7-3-5-15-6-7/h1-6,13H,(H,11,12,14). The van der Waals surface area contributed by atoms with Crippen LogP contribution >= 0.6 is 11.3 Å². The molecule has 5 heteroatoms. The zero-order chi connectivity index (χ0) is 10.7. The van der Waals surface area contributed by atoms with E-state index in [0.29, 0.717) is 5.56 Å². The van der Waals surface area contributed by atoms with Crippen molar-refractivity contribution in [2.24, 2.45) is 0 Å². The number of pyridine rings is 1. The van der Waals surface area contributed by atoms with Gasteiger partial charge < -0.3 is 10.4 Å². The Hall–Kier alpha value is -1.88. The van der Waals surface area contributed by atoms with E-state index in [1.54, 1.807) is 17.5 Å². The fourth-order valence-corrected chi connectivity index (χ4v) is 1.70. The minimum Gasteiger partial charge on any atom is -0.504 e. The molecule has 0 aromatic carbocycles. The maximum Gasteiger partial charge on any atom is 0.257 e. The van der Waals surface area contributed by atoms with E-state index in [-0.39, 0.29) is 17.5 Å². The maximum atomic E-state index is 11.6. The van der Waals surface area contributed by atoms with Crippen molar-refractivity contribution in [3.05, 3.63) is 40.7 Å². The number of rotatable bonds is 2. The molecule has 0 saturated carbocycles. The number of anilines is 1. The number of carbonyl (C=O) groups is 1. The highest BCUT2D eigenvalue weighted by Gasteiger charge is 2.09. The van der Waals surface area contributed by atoms with Crippen molar-refractivity contribution < 1.29 is 9.90 Å². The van der Waals surface area contributed by atoms with Gasteiger partial charge in [0.25, 0.3) is 5.91 Å². The van der Waals surface area contributed by atoms with E-state index >= 15 is 0 Å². The monoisotopic (exact) mass is 220 g/mol. The molecule has 0 aliphatic rings. The average Bonchev–Trinajstić information content (AvgIpc) is 2.74. The van der Waals surface area contributed by atoms with E-state index in [4.69, 9.17) is 0 Å². The predicted molar refractivity (Wildman–Crippen MR) is 58.2 cm³/mol. The summed E-state index contributed by atoms with van der Waals surface area (Å²) in [5.41, 5.74) is 0.560. The summed E-state index contributed by atoms with van der Waals surface area (Å²) in [7, 11) is 0. The van der Waals surface area contributed by atoms with Crippen molar-refractivity contribution in [2.45, 2.75) is 0 Å². The Balaban J connectivity index is 2.17. The van der Waals surface area contributed by atoms with Gasteiger partial charge >= 0.3 is 0 Å². The summed E-state index contributed by atoms with van der Waals surface area (Å²) in [6.45, 7) is 0. The number of nitrogens with zero attached hydrogens (tertiary/aromatic N) is 1. The van der Waals surface area contributed by atoms with Crippen molar-refractivity contribution in [1.82, 2.24) is 4.98 Å². The molecule has 15 heavy (non-hydrogen) atoms. The normalized spacial score (nSPS) is 9.87. The molecule has 0 radical (unpaired) electrons. The Morgan fingerprint density at radius 3 is 3.00 bits per heavy atom. The summed E-state index contributed by atoms with van der Waals surface area (Å²) < 4.78 is 0. The van der Waals surface area contributed by atoms with Crippen LogP contribution in [0.15, 0.2) is 35.2 Å². The van der Waals surface area contributed by atoms with Gasteiger partial charge in [-0.1, -0.05) is 0 Å². The van der Waals surface area contributed by atoms with Crippen molar-refractivity contribution in [2.75, 3.05) is 5.32 Å². The first-order chi connectivity index (χ1) is 7.27. The van der Waals surface area contributed by atoms with E-state index in [9.17, 15) is 9.90 Å². The van der Waals surface area contributed by atoms with Crippen LogP contribution in [0.1, 0.15) is 10.4 Å². The second-order valence-corrected chi connectivity index (χ2v) is 3.62. The van der Waals surface area contributed by atoms with Crippen LogP contribution in [0.5, 0.6) is 5.75 Å². The first kappa shape index (κ1) is 9.67. The molecule has 0 aliphatic carbocycles. The Morgan fingerprint density at radius 1 is 1.47 bits per heavy atom. The highest BCUT2D eigenvalue weighted by molar-refractivity contribution is 7.08. The van der Waals surface area contributed by atoms with Crippen LogP contribution in [-0.2, 0) is 0 Å². The van der Waals surface area contributed by atoms with Gasteiger partial charge in [0.2, 0.25) is 0 Å². The van der Waals surface area contributed by atoms with Gasteiger partial charge in [-0.3, -0.25) is 4.79 Å². The van der Waals surface area contributed by atoms with Crippen LogP contribution in [0.25, 0.3) is 0 Å². The van der Waals surface area contributed by atoms with Gasteiger partial charge in [0.05, 0.1) is 5.56 Å². The van der Waals surface area contributed by atoms with Crippen molar-refractivity contribution in [3.8, 4) is 5.75 Å². The van der Waals surface area contributed by atoms with Crippen molar-refractivity contribution >= 4 is 23.1 Å². The third kappa shape index (κ3) is 2.13. The fourth-order valence-electron chi connectivity index (χ4n) is 1.07. The summed E-state index contributed by atoms with van der Waals surface area (Å²) in [5, 5.41) is 15.4. The molecule has 76 valence electrons. The number of hydrogen-bond acceptors (Lipinski definition) is 4. The molecule has 0 fully saturated rings. The molecule has 1 amide bonds. The van der Waals surface area contributed by atoms with Gasteiger partial charge in [0.15, 0.2) is 11.6 Å². The molecule has 2 N–H and O–H groups in total. The molecular weight excluding hydrogens is 212 g/mol. The summed E-state index contributed by atoms with van der Waals surface area (Å²) in [5.74, 6) is -0.139. The molecule has 0 bridgehead atoms. The Bertz CT molecular complexity index is 468. The van der Waals surface area contributed by atoms with Gasteiger partial charge in [-0.15, -0.1) is 0 Å². The number of aromatic hydroxyl groups is 1. The quantitative estimate of drug-likeness (QED) is 0.814. The first-order valence-corrected chi connectivity index (χ1v) is 5.19. The molecule has 2 heterocycles. The summed E-state index contributed by atoms with van der Waals surface area (Å²) in [6.07, 6.45) is 1.50. The highest BCUT2D eigenvalue weighted by atomic mass is 32.1. The van der Waals surface area contributed by atoms with E-state index in [2.05, 4.69) is 10.3 Å². The third-order valence-corrected chi connectivity index (χ3v) is 2.48. The average molecular weight is 220 g/mol. The van der Waals surface area contributed by atoms with Crippen LogP contribution in [0.2, 0.25) is 0 Å². The molecule has 0 saturated heterocycles. The van der Waals surface area contributed by atoms with Gasteiger partial charge in [-0.05, 0) is 23.6 Å². The molecule has 2 aromatic heterocycles. The number of hydrogen-bond donors (Lipinski definition) is 2. The molecule has 0 spiro atoms. The van der Waals surface area contributed by atoms with Gasteiger partial charge in [-0.25, -0.2) is 4.98 Å². The molecular formula is C10H8N2O2S. The number of amides is 1. The van der Waals surface area contributed by atoms with E-state index in [1.165, 1.54) is 23.6 Å². The number of carbonyl (C=O) groups excluding carboxylic acids is 1. The molecule has 2 rings (SSSR count). The van der Waals surface area contributed by atoms with Crippen LogP contribution in [0.3, 0.4) is 0 Å². The van der Waals surface area contributed by atoms with Gasteiger partial charge in [0, 0.05) is 11.6 Å². The van der Waals surface area contributed by atoms with Crippen LogP contribution in [-0.4, -0.2) is 16.0 Å². The van der Waals surface area contributed by atoms with Crippen LogP contribution < -0.4 is 5.32 Å². The fraction of sp³-hybridized carbons (Fsp3) is 0. The second-order valence-electron chi connectivity index (χ2n) is 2.84. The Labute approximate surface area is 90.2 Å². The minimum absolute atomic E-state index is 0.0407. The molecule has 2 aromatic rings. The zero-order valence-corrected chi connectivity index (χ0v) is 8.49. The number of nitrogens with one attached hydrogen (secondary N) is 1. The largest absolute Gasteiger partial charge is 0.504 e. The topological polar surface area (TPSA) is 62.2 Å². The lowest BCUT2D eigenvalue weighted by Gasteiger charge is -2.03. The molecule has 0 aliphatic heterocycles. The lowest BCUT2D eigenvalue weighted by Crippen LogP contribution is -2.11. The van der Waals surface area contributed by atoms with Crippen LogP contribution in [0, 0.1) is 0 Å². The Kier molecular flexibility index (Phi) is 2.64. The SMILES string of the molecule is O=C(Nc1ncccc1O)c1ccsc1. The summed E-state index contributed by atoms with van der Waals surface area (Å²) in [6, 6.07) is 4.77. The van der Waals surface area contributed by atoms with E-state index < -0.39 is 0 Å². The highest BCUT2D eigenvalue weighted by Crippen LogP contribution is 2.19. The Morgan fingerprint density at radius 2 is 2.33 bits per heavy atom. The molecule has 0 atom stereocenters. The summed E-state index contributed by atoms with van der Waals surface area (Å²) >= 11 is 1.44. The lowest BCUT2D eigenvalue weighted by atomic mass is 10.3. The smallest absolute Gasteiger partial charge is 0.257 e. The maximum absolute atomic E-state index is 11.6. The van der Waals surface area contributed by atoms with Crippen molar-refractivity contribution in [1.29, 1.82) is 0 Å². The third-order valence-electron chi connectivity index (χ3n) is 1.80. The van der Waals surface area contributed by atoms with E-state index in [1.807, 2.05) is 5.38 Å². The van der Waals surface area contributed by atoms with Crippen molar-refractivity contribution in [3.63, 3.8) is 0 Å². The zero-order valence-electron chi connectivity index (χ0n) is 7.68. The second kappa shape index (κ2) is 4.10. The first-order valence-electron chi connectivity index (χ1n) is 4.25. The predicted octanol–water partition coefficient (Wildman–Crippen LogP) is 2.10. The summed E-state index contributed by atoms with van der Waals surface area (Å²) in [4.78, 5) is 15.4.